The molecule has 15 heavy (non-hydrogen) atoms. The normalized spacial score (nSPS) is 13.9. The van der Waals surface area contributed by atoms with Crippen molar-refractivity contribution in [3.8, 4) is 0 Å². The summed E-state index contributed by atoms with van der Waals surface area (Å²) in [6.45, 7) is 2.07. The Labute approximate surface area is 87.6 Å². The molecule has 0 saturated heterocycles. The van der Waals surface area contributed by atoms with Gasteiger partial charge in [0.2, 0.25) is 0 Å². The van der Waals surface area contributed by atoms with Crippen LogP contribution in [0.5, 0.6) is 0 Å². The zero-order valence-corrected chi connectivity index (χ0v) is 8.44. The zero-order chi connectivity index (χ0) is 11.3. The third-order valence-electron chi connectivity index (χ3n) is 2.12. The van der Waals surface area contributed by atoms with E-state index in [1.165, 1.54) is 6.07 Å². The molecule has 0 saturated carbocycles. The summed E-state index contributed by atoms with van der Waals surface area (Å²) in [6.07, 6.45) is 0. The van der Waals surface area contributed by atoms with E-state index in [0.29, 0.717) is 12.1 Å². The Morgan fingerprint density at radius 1 is 1.60 bits per heavy atom. The highest BCUT2D eigenvalue weighted by atomic mass is 19.1. The number of nitrogens with two attached hydrogens (primary N) is 1. The van der Waals surface area contributed by atoms with Gasteiger partial charge in [0.15, 0.2) is 5.84 Å². The highest BCUT2D eigenvalue weighted by Gasteiger charge is 2.07. The van der Waals surface area contributed by atoms with Crippen LogP contribution in [0.3, 0.4) is 0 Å². The van der Waals surface area contributed by atoms with Crippen LogP contribution < -0.4 is 11.1 Å². The molecule has 1 aromatic rings. The van der Waals surface area contributed by atoms with Crippen molar-refractivity contribution in [3.05, 3.63) is 35.6 Å². The molecule has 0 spiro atoms. The fourth-order valence-electron chi connectivity index (χ4n) is 1.10. The molecule has 4 nitrogen and oxygen atoms in total. The van der Waals surface area contributed by atoms with Crippen LogP contribution in [0.1, 0.15) is 12.5 Å². The maximum atomic E-state index is 13.2. The van der Waals surface area contributed by atoms with Crippen LogP contribution >= 0.6 is 0 Å². The minimum Gasteiger partial charge on any atom is -0.409 e. The summed E-state index contributed by atoms with van der Waals surface area (Å²) in [5.41, 5.74) is 5.91. The molecular formula is C10H14FN3O. The maximum absolute atomic E-state index is 13.2. The highest BCUT2D eigenvalue weighted by Crippen LogP contribution is 2.05. The van der Waals surface area contributed by atoms with E-state index < -0.39 is 0 Å². The molecule has 82 valence electrons. The Morgan fingerprint density at radius 2 is 2.27 bits per heavy atom. The number of amidine groups is 1. The monoisotopic (exact) mass is 211 g/mol. The lowest BCUT2D eigenvalue weighted by Gasteiger charge is -2.12. The highest BCUT2D eigenvalue weighted by molar-refractivity contribution is 5.84. The number of nitrogens with zero attached hydrogens (tertiary/aromatic N) is 1. The van der Waals surface area contributed by atoms with Crippen molar-refractivity contribution in [3.63, 3.8) is 0 Å². The quantitative estimate of drug-likeness (QED) is 0.302. The van der Waals surface area contributed by atoms with Crippen molar-refractivity contribution >= 4 is 5.84 Å². The second kappa shape index (κ2) is 5.31. The largest absolute Gasteiger partial charge is 0.409 e. The number of hydrogen-bond acceptors (Lipinski definition) is 3. The van der Waals surface area contributed by atoms with E-state index >= 15 is 0 Å². The Morgan fingerprint density at radius 3 is 2.87 bits per heavy atom. The van der Waals surface area contributed by atoms with Gasteiger partial charge in [0.25, 0.3) is 0 Å². The second-order valence-electron chi connectivity index (χ2n) is 3.22. The third-order valence-corrected chi connectivity index (χ3v) is 2.12. The molecule has 5 heteroatoms. The van der Waals surface area contributed by atoms with Gasteiger partial charge in [0.05, 0.1) is 6.04 Å². The molecular weight excluding hydrogens is 197 g/mol. The van der Waals surface area contributed by atoms with Crippen molar-refractivity contribution in [1.82, 2.24) is 5.32 Å². The van der Waals surface area contributed by atoms with Crippen molar-refractivity contribution in [2.45, 2.75) is 19.5 Å². The molecule has 1 atom stereocenters. The van der Waals surface area contributed by atoms with Crippen molar-refractivity contribution < 1.29 is 9.60 Å². The van der Waals surface area contributed by atoms with Gasteiger partial charge < -0.3 is 16.3 Å². The van der Waals surface area contributed by atoms with Crippen molar-refractivity contribution in [2.24, 2.45) is 10.9 Å². The predicted molar refractivity (Wildman–Crippen MR) is 56.1 cm³/mol. The van der Waals surface area contributed by atoms with Gasteiger partial charge >= 0.3 is 0 Å². The summed E-state index contributed by atoms with van der Waals surface area (Å²) < 4.78 is 13.2. The standard InChI is InChI=1S/C10H14FN3O/c1-7(10(12)14-15)13-6-8-4-2-3-5-9(8)11/h2-5,7,13,15H,6H2,1H3,(H2,12,14). The van der Waals surface area contributed by atoms with Crippen LogP contribution in [0.15, 0.2) is 29.4 Å². The minimum atomic E-state index is -0.297. The minimum absolute atomic E-state index is 0.0753. The number of benzene rings is 1. The zero-order valence-electron chi connectivity index (χ0n) is 8.44. The lowest BCUT2D eigenvalue weighted by molar-refractivity contribution is 0.315. The van der Waals surface area contributed by atoms with E-state index in [-0.39, 0.29) is 17.7 Å². The molecule has 0 aliphatic heterocycles. The van der Waals surface area contributed by atoms with Crippen LogP contribution in [0.4, 0.5) is 4.39 Å². The van der Waals surface area contributed by atoms with Gasteiger partial charge in [-0.05, 0) is 13.0 Å². The van der Waals surface area contributed by atoms with Gasteiger partial charge in [0.1, 0.15) is 5.82 Å². The maximum Gasteiger partial charge on any atom is 0.156 e. The molecule has 1 unspecified atom stereocenters. The van der Waals surface area contributed by atoms with Crippen LogP contribution in [-0.4, -0.2) is 17.1 Å². The van der Waals surface area contributed by atoms with E-state index in [1.54, 1.807) is 25.1 Å². The Kier molecular flexibility index (Phi) is 4.05. The SMILES string of the molecule is CC(NCc1ccccc1F)C(N)=NO. The molecule has 0 aliphatic carbocycles. The molecule has 0 radical (unpaired) electrons. The lowest BCUT2D eigenvalue weighted by atomic mass is 10.2. The Hall–Kier alpha value is -1.62. The van der Waals surface area contributed by atoms with Crippen molar-refractivity contribution in [1.29, 1.82) is 0 Å². The summed E-state index contributed by atoms with van der Waals surface area (Å²) in [4.78, 5) is 0. The lowest BCUT2D eigenvalue weighted by Crippen LogP contribution is -2.38. The molecule has 1 rings (SSSR count). The fourth-order valence-corrected chi connectivity index (χ4v) is 1.10. The third kappa shape index (κ3) is 3.21. The van der Waals surface area contributed by atoms with Gasteiger partial charge in [-0.25, -0.2) is 4.39 Å². The number of oxime groups is 1. The first-order valence-electron chi connectivity index (χ1n) is 4.59. The van der Waals surface area contributed by atoms with Gasteiger partial charge in [-0.3, -0.25) is 0 Å². The second-order valence-corrected chi connectivity index (χ2v) is 3.22. The summed E-state index contributed by atoms with van der Waals surface area (Å²) >= 11 is 0. The molecule has 0 fully saturated rings. The van der Waals surface area contributed by atoms with E-state index in [2.05, 4.69) is 10.5 Å². The first-order valence-corrected chi connectivity index (χ1v) is 4.59. The number of nitrogens with one attached hydrogen (secondary N) is 1. The summed E-state index contributed by atoms with van der Waals surface area (Å²) in [5.74, 6) is -0.192. The van der Waals surface area contributed by atoms with Gasteiger partial charge in [0, 0.05) is 12.1 Å². The number of rotatable bonds is 4. The van der Waals surface area contributed by atoms with Crippen LogP contribution in [0.25, 0.3) is 0 Å². The average molecular weight is 211 g/mol. The molecule has 4 N–H and O–H groups in total. The molecule has 0 bridgehead atoms. The van der Waals surface area contributed by atoms with Crippen LogP contribution in [0, 0.1) is 5.82 Å². The molecule has 0 amide bonds. The number of halogens is 1. The molecule has 0 heterocycles. The fraction of sp³-hybridized carbons (Fsp3) is 0.300. The van der Waals surface area contributed by atoms with Crippen molar-refractivity contribution in [2.75, 3.05) is 0 Å². The molecule has 0 aromatic heterocycles. The first-order chi connectivity index (χ1) is 7.15. The molecule has 1 aromatic carbocycles. The summed E-state index contributed by atoms with van der Waals surface area (Å²) in [7, 11) is 0. The van der Waals surface area contributed by atoms with E-state index in [0.717, 1.165) is 0 Å². The first kappa shape index (κ1) is 11.5. The topological polar surface area (TPSA) is 70.6 Å². The van der Waals surface area contributed by atoms with Crippen LogP contribution in [-0.2, 0) is 6.54 Å². The Balaban J connectivity index is 2.54. The van der Waals surface area contributed by atoms with E-state index in [4.69, 9.17) is 10.9 Å². The number of hydrogen-bond donors (Lipinski definition) is 3. The van der Waals surface area contributed by atoms with E-state index in [9.17, 15) is 4.39 Å². The Bertz CT molecular complexity index is 354. The average Bonchev–Trinajstić information content (AvgIpc) is 2.26. The van der Waals surface area contributed by atoms with Gasteiger partial charge in [-0.15, -0.1) is 0 Å². The summed E-state index contributed by atoms with van der Waals surface area (Å²) in [6, 6.07) is 6.17. The van der Waals surface area contributed by atoms with Crippen LogP contribution in [0.2, 0.25) is 0 Å². The summed E-state index contributed by atoms with van der Waals surface area (Å²) in [5, 5.41) is 14.2. The van der Waals surface area contributed by atoms with E-state index in [1.807, 2.05) is 0 Å². The smallest absolute Gasteiger partial charge is 0.156 e. The van der Waals surface area contributed by atoms with Gasteiger partial charge in [-0.2, -0.15) is 0 Å². The predicted octanol–water partition coefficient (Wildman–Crippen LogP) is 1.05. The molecule has 0 aliphatic rings. The van der Waals surface area contributed by atoms with Gasteiger partial charge in [-0.1, -0.05) is 23.4 Å².